The molecule has 1 aliphatic rings. The van der Waals surface area contributed by atoms with Crippen LogP contribution in [0.4, 0.5) is 5.82 Å². The molecule has 0 aromatic carbocycles. The molecule has 6 heteroatoms. The molecular formula is C10H14BrN3O2. The summed E-state index contributed by atoms with van der Waals surface area (Å²) in [6.45, 7) is 0.0266. The SMILES string of the molecule is OCC(O)CNc1cc(Br)nc(C2CC2)n1. The molecule has 88 valence electrons. The Morgan fingerprint density at radius 3 is 2.88 bits per heavy atom. The van der Waals surface area contributed by atoms with Crippen LogP contribution in [0.1, 0.15) is 24.6 Å². The van der Waals surface area contributed by atoms with Crippen LogP contribution >= 0.6 is 15.9 Å². The molecule has 5 nitrogen and oxygen atoms in total. The van der Waals surface area contributed by atoms with Gasteiger partial charge in [0.05, 0.1) is 12.7 Å². The van der Waals surface area contributed by atoms with E-state index in [1.165, 1.54) is 0 Å². The molecule has 1 unspecified atom stereocenters. The maximum Gasteiger partial charge on any atom is 0.135 e. The van der Waals surface area contributed by atoms with Gasteiger partial charge in [0.15, 0.2) is 0 Å². The first kappa shape index (κ1) is 11.8. The molecule has 16 heavy (non-hydrogen) atoms. The fourth-order valence-electron chi connectivity index (χ4n) is 1.34. The van der Waals surface area contributed by atoms with E-state index < -0.39 is 6.10 Å². The van der Waals surface area contributed by atoms with Crippen molar-refractivity contribution in [1.29, 1.82) is 0 Å². The molecule has 0 spiro atoms. The van der Waals surface area contributed by atoms with Crippen LogP contribution in [0.2, 0.25) is 0 Å². The van der Waals surface area contributed by atoms with Crippen LogP contribution in [0, 0.1) is 0 Å². The molecule has 3 N–H and O–H groups in total. The van der Waals surface area contributed by atoms with E-state index in [-0.39, 0.29) is 13.2 Å². The van der Waals surface area contributed by atoms with Crippen molar-refractivity contribution in [3.63, 3.8) is 0 Å². The summed E-state index contributed by atoms with van der Waals surface area (Å²) in [6, 6.07) is 1.76. The van der Waals surface area contributed by atoms with Gasteiger partial charge in [0.2, 0.25) is 0 Å². The molecule has 1 aliphatic carbocycles. The third kappa shape index (κ3) is 3.13. The van der Waals surface area contributed by atoms with Gasteiger partial charge in [-0.25, -0.2) is 9.97 Å². The first-order valence-electron chi connectivity index (χ1n) is 5.26. The van der Waals surface area contributed by atoms with Gasteiger partial charge in [-0.05, 0) is 28.8 Å². The van der Waals surface area contributed by atoms with E-state index in [0.717, 1.165) is 23.3 Å². The van der Waals surface area contributed by atoms with Crippen molar-refractivity contribution in [3.8, 4) is 0 Å². The third-order valence-electron chi connectivity index (χ3n) is 2.38. The standard InChI is InChI=1S/C10H14BrN3O2/c11-8-3-9(12-4-7(16)5-15)14-10(13-8)6-1-2-6/h3,6-7,15-16H,1-2,4-5H2,(H,12,13,14). The molecule has 0 radical (unpaired) electrons. The number of hydrogen-bond donors (Lipinski definition) is 3. The normalized spacial score (nSPS) is 17.2. The quantitative estimate of drug-likeness (QED) is 0.701. The lowest BCUT2D eigenvalue weighted by molar-refractivity contribution is 0.105. The molecule has 1 saturated carbocycles. The minimum absolute atomic E-state index is 0.255. The maximum atomic E-state index is 9.21. The van der Waals surface area contributed by atoms with Gasteiger partial charge in [0, 0.05) is 18.5 Å². The minimum atomic E-state index is -0.766. The first-order valence-corrected chi connectivity index (χ1v) is 6.05. The predicted molar refractivity (Wildman–Crippen MR) is 63.3 cm³/mol. The van der Waals surface area contributed by atoms with Gasteiger partial charge in [-0.1, -0.05) is 0 Å². The molecule has 1 atom stereocenters. The van der Waals surface area contributed by atoms with Crippen molar-refractivity contribution in [3.05, 3.63) is 16.5 Å². The Balaban J connectivity index is 2.02. The summed E-state index contributed by atoms with van der Waals surface area (Å²) in [7, 11) is 0. The van der Waals surface area contributed by atoms with Gasteiger partial charge in [-0.3, -0.25) is 0 Å². The zero-order chi connectivity index (χ0) is 11.5. The number of aliphatic hydroxyl groups is 2. The third-order valence-corrected chi connectivity index (χ3v) is 2.79. The smallest absolute Gasteiger partial charge is 0.135 e. The highest BCUT2D eigenvalue weighted by Crippen LogP contribution is 2.38. The largest absolute Gasteiger partial charge is 0.394 e. The van der Waals surface area contributed by atoms with Crippen LogP contribution in [0.15, 0.2) is 10.7 Å². The summed E-state index contributed by atoms with van der Waals surface area (Å²) in [5.74, 6) is 2.01. The van der Waals surface area contributed by atoms with Gasteiger partial charge < -0.3 is 15.5 Å². The van der Waals surface area contributed by atoms with E-state index >= 15 is 0 Å². The highest BCUT2D eigenvalue weighted by atomic mass is 79.9. The number of nitrogens with zero attached hydrogens (tertiary/aromatic N) is 2. The van der Waals surface area contributed by atoms with Crippen molar-refractivity contribution >= 4 is 21.7 Å². The number of rotatable bonds is 5. The summed E-state index contributed by atoms with van der Waals surface area (Å²) < 4.78 is 0.741. The lowest BCUT2D eigenvalue weighted by Gasteiger charge is -2.10. The lowest BCUT2D eigenvalue weighted by atomic mass is 10.3. The number of anilines is 1. The van der Waals surface area contributed by atoms with Crippen molar-refractivity contribution in [2.24, 2.45) is 0 Å². The summed E-state index contributed by atoms with van der Waals surface area (Å²) >= 11 is 3.33. The summed E-state index contributed by atoms with van der Waals surface area (Å²) in [4.78, 5) is 8.65. The number of halogens is 1. The summed E-state index contributed by atoms with van der Waals surface area (Å²) in [6.07, 6.45) is 1.53. The van der Waals surface area contributed by atoms with Crippen LogP contribution in [0.3, 0.4) is 0 Å². The molecular weight excluding hydrogens is 274 g/mol. The molecule has 1 aromatic rings. The van der Waals surface area contributed by atoms with E-state index in [1.54, 1.807) is 6.07 Å². The summed E-state index contributed by atoms with van der Waals surface area (Å²) in [5.41, 5.74) is 0. The average molecular weight is 288 g/mol. The Bertz CT molecular complexity index is 371. The Labute approximate surface area is 102 Å². The highest BCUT2D eigenvalue weighted by molar-refractivity contribution is 9.10. The van der Waals surface area contributed by atoms with Crippen molar-refractivity contribution in [2.45, 2.75) is 24.9 Å². The lowest BCUT2D eigenvalue weighted by Crippen LogP contribution is -2.23. The number of aromatic nitrogens is 2. The monoisotopic (exact) mass is 287 g/mol. The van der Waals surface area contributed by atoms with Crippen molar-refractivity contribution < 1.29 is 10.2 Å². The topological polar surface area (TPSA) is 78.3 Å². The van der Waals surface area contributed by atoms with Crippen LogP contribution in [-0.4, -0.2) is 39.4 Å². The molecule has 0 bridgehead atoms. The van der Waals surface area contributed by atoms with Crippen molar-refractivity contribution in [1.82, 2.24) is 9.97 Å². The molecule has 1 fully saturated rings. The fraction of sp³-hybridized carbons (Fsp3) is 0.600. The van der Waals surface area contributed by atoms with Gasteiger partial charge in [-0.2, -0.15) is 0 Å². The molecule has 0 aliphatic heterocycles. The van der Waals surface area contributed by atoms with Crippen LogP contribution in [0.25, 0.3) is 0 Å². The van der Waals surface area contributed by atoms with E-state index in [9.17, 15) is 5.11 Å². The Morgan fingerprint density at radius 2 is 2.25 bits per heavy atom. The molecule has 1 heterocycles. The highest BCUT2D eigenvalue weighted by Gasteiger charge is 2.27. The van der Waals surface area contributed by atoms with E-state index in [1.807, 2.05) is 0 Å². The zero-order valence-electron chi connectivity index (χ0n) is 8.73. The number of hydrogen-bond acceptors (Lipinski definition) is 5. The second-order valence-electron chi connectivity index (χ2n) is 3.93. The van der Waals surface area contributed by atoms with Crippen LogP contribution in [0.5, 0.6) is 0 Å². The molecule has 1 aromatic heterocycles. The maximum absolute atomic E-state index is 9.21. The Kier molecular flexibility index (Phi) is 3.73. The Hall–Kier alpha value is -0.720. The molecule has 0 saturated heterocycles. The van der Waals surface area contributed by atoms with Crippen LogP contribution in [-0.2, 0) is 0 Å². The van der Waals surface area contributed by atoms with E-state index in [2.05, 4.69) is 31.2 Å². The number of nitrogens with one attached hydrogen (secondary N) is 1. The van der Waals surface area contributed by atoms with Gasteiger partial charge >= 0.3 is 0 Å². The van der Waals surface area contributed by atoms with Crippen LogP contribution < -0.4 is 5.32 Å². The molecule has 0 amide bonds. The fourth-order valence-corrected chi connectivity index (χ4v) is 1.74. The zero-order valence-corrected chi connectivity index (χ0v) is 10.3. The second-order valence-corrected chi connectivity index (χ2v) is 4.74. The minimum Gasteiger partial charge on any atom is -0.394 e. The second kappa shape index (κ2) is 5.07. The van der Waals surface area contributed by atoms with Gasteiger partial charge in [-0.15, -0.1) is 0 Å². The predicted octanol–water partition coefficient (Wildman–Crippen LogP) is 0.882. The van der Waals surface area contributed by atoms with Gasteiger partial charge in [0.25, 0.3) is 0 Å². The Morgan fingerprint density at radius 1 is 1.50 bits per heavy atom. The first-order chi connectivity index (χ1) is 7.69. The van der Waals surface area contributed by atoms with E-state index in [0.29, 0.717) is 11.7 Å². The molecule has 2 rings (SSSR count). The summed E-state index contributed by atoms with van der Waals surface area (Å²) in [5, 5.41) is 20.9. The average Bonchev–Trinajstić information content (AvgIpc) is 3.09. The van der Waals surface area contributed by atoms with E-state index in [4.69, 9.17) is 5.11 Å². The van der Waals surface area contributed by atoms with Gasteiger partial charge in [0.1, 0.15) is 16.2 Å². The number of aliphatic hydroxyl groups excluding tert-OH is 2. The van der Waals surface area contributed by atoms with Crippen molar-refractivity contribution in [2.75, 3.05) is 18.5 Å².